The number of methoxy groups -OCH3 is 1. The average molecular weight is 418 g/mol. The highest BCUT2D eigenvalue weighted by Crippen LogP contribution is 2.30. The number of aromatic nitrogens is 3. The maximum atomic E-state index is 14.5. The number of benzene rings is 3. The molecule has 1 heterocycles. The Labute approximate surface area is 179 Å². The lowest BCUT2D eigenvalue weighted by molar-refractivity contribution is 0.414. The van der Waals surface area contributed by atoms with Crippen LogP contribution in [0.2, 0.25) is 0 Å². The van der Waals surface area contributed by atoms with Crippen molar-refractivity contribution in [3.05, 3.63) is 96.3 Å². The number of hydrogen-bond donors (Lipinski definition) is 0. The SMILES string of the molecule is COc1ccc(-n2c(SCC=Cc3ccccc3)nnc2-c2ccccc2F)cc1. The molecule has 4 nitrogen and oxygen atoms in total. The number of halogens is 1. The van der Waals surface area contributed by atoms with Crippen LogP contribution in [-0.4, -0.2) is 27.6 Å². The van der Waals surface area contributed by atoms with Crippen LogP contribution in [0, 0.1) is 5.82 Å². The van der Waals surface area contributed by atoms with E-state index in [2.05, 4.69) is 34.5 Å². The molecule has 30 heavy (non-hydrogen) atoms. The van der Waals surface area contributed by atoms with Crippen molar-refractivity contribution in [3.63, 3.8) is 0 Å². The van der Waals surface area contributed by atoms with Gasteiger partial charge in [0.15, 0.2) is 11.0 Å². The Morgan fingerprint density at radius 2 is 1.67 bits per heavy atom. The first kappa shape index (κ1) is 19.9. The molecule has 0 N–H and O–H groups in total. The van der Waals surface area contributed by atoms with E-state index < -0.39 is 0 Å². The fourth-order valence-corrected chi connectivity index (χ4v) is 3.78. The van der Waals surface area contributed by atoms with Crippen LogP contribution in [-0.2, 0) is 0 Å². The van der Waals surface area contributed by atoms with Gasteiger partial charge >= 0.3 is 0 Å². The monoisotopic (exact) mass is 417 g/mol. The molecule has 0 unspecified atom stereocenters. The molecule has 0 saturated carbocycles. The van der Waals surface area contributed by atoms with Crippen LogP contribution >= 0.6 is 11.8 Å². The lowest BCUT2D eigenvalue weighted by Crippen LogP contribution is -2.01. The normalized spacial score (nSPS) is 11.1. The van der Waals surface area contributed by atoms with Crippen molar-refractivity contribution in [3.8, 4) is 22.8 Å². The van der Waals surface area contributed by atoms with Gasteiger partial charge in [-0.05, 0) is 42.0 Å². The maximum Gasteiger partial charge on any atom is 0.196 e. The van der Waals surface area contributed by atoms with E-state index in [-0.39, 0.29) is 5.82 Å². The molecule has 0 aliphatic heterocycles. The number of hydrogen-bond acceptors (Lipinski definition) is 4. The number of thioether (sulfide) groups is 1. The van der Waals surface area contributed by atoms with E-state index in [1.807, 2.05) is 47.0 Å². The van der Waals surface area contributed by atoms with Crippen LogP contribution in [0.4, 0.5) is 4.39 Å². The lowest BCUT2D eigenvalue weighted by Gasteiger charge is -2.11. The standard InChI is InChI=1S/C24H20FN3OS/c1-29-20-15-13-19(14-16-20)28-23(21-11-5-6-12-22(21)25)26-27-24(28)30-17-7-10-18-8-3-2-4-9-18/h2-16H,17H2,1H3. The average Bonchev–Trinajstić information content (AvgIpc) is 3.21. The Morgan fingerprint density at radius 1 is 0.933 bits per heavy atom. The molecule has 4 aromatic rings. The summed E-state index contributed by atoms with van der Waals surface area (Å²) in [6.07, 6.45) is 4.15. The molecule has 0 radical (unpaired) electrons. The van der Waals surface area contributed by atoms with Crippen molar-refractivity contribution < 1.29 is 9.13 Å². The number of ether oxygens (including phenoxy) is 1. The van der Waals surface area contributed by atoms with Crippen molar-refractivity contribution in [2.45, 2.75) is 5.16 Å². The summed E-state index contributed by atoms with van der Waals surface area (Å²) in [5.41, 5.74) is 2.39. The van der Waals surface area contributed by atoms with Gasteiger partial charge in [-0.25, -0.2) is 4.39 Å². The van der Waals surface area contributed by atoms with Gasteiger partial charge in [-0.15, -0.1) is 10.2 Å². The molecule has 0 atom stereocenters. The zero-order chi connectivity index (χ0) is 20.8. The first-order valence-electron chi connectivity index (χ1n) is 9.45. The molecule has 4 rings (SSSR count). The highest BCUT2D eigenvalue weighted by Gasteiger charge is 2.18. The van der Waals surface area contributed by atoms with Crippen molar-refractivity contribution >= 4 is 17.8 Å². The van der Waals surface area contributed by atoms with Crippen molar-refractivity contribution in [1.29, 1.82) is 0 Å². The molecule has 0 aliphatic rings. The van der Waals surface area contributed by atoms with E-state index in [0.29, 0.717) is 22.3 Å². The van der Waals surface area contributed by atoms with Gasteiger partial charge in [0.1, 0.15) is 11.6 Å². The largest absolute Gasteiger partial charge is 0.497 e. The van der Waals surface area contributed by atoms with E-state index in [0.717, 1.165) is 17.0 Å². The van der Waals surface area contributed by atoms with E-state index in [4.69, 9.17) is 4.74 Å². The summed E-state index contributed by atoms with van der Waals surface area (Å²) < 4.78 is 21.6. The lowest BCUT2D eigenvalue weighted by atomic mass is 10.2. The number of nitrogens with zero attached hydrogens (tertiary/aromatic N) is 3. The second kappa shape index (κ2) is 9.41. The molecule has 6 heteroatoms. The predicted molar refractivity (Wildman–Crippen MR) is 120 cm³/mol. The third-order valence-corrected chi connectivity index (χ3v) is 5.38. The van der Waals surface area contributed by atoms with Crippen LogP contribution in [0.5, 0.6) is 5.75 Å². The third-order valence-electron chi connectivity index (χ3n) is 4.50. The molecule has 0 saturated heterocycles. The molecular formula is C24H20FN3OS. The summed E-state index contributed by atoms with van der Waals surface area (Å²) in [5, 5.41) is 9.33. The molecule has 0 amide bonds. The topological polar surface area (TPSA) is 39.9 Å². The van der Waals surface area contributed by atoms with Gasteiger partial charge in [0, 0.05) is 5.75 Å². The minimum atomic E-state index is -0.333. The Balaban J connectivity index is 1.66. The molecular weight excluding hydrogens is 397 g/mol. The molecule has 150 valence electrons. The quantitative estimate of drug-likeness (QED) is 0.352. The summed E-state index contributed by atoms with van der Waals surface area (Å²) in [4.78, 5) is 0. The molecule has 0 spiro atoms. The molecule has 0 aliphatic carbocycles. The zero-order valence-electron chi connectivity index (χ0n) is 16.4. The second-order valence-electron chi connectivity index (χ2n) is 6.44. The summed E-state index contributed by atoms with van der Waals surface area (Å²) in [5.74, 6) is 1.59. The first-order valence-corrected chi connectivity index (χ1v) is 10.4. The Morgan fingerprint density at radius 3 is 2.40 bits per heavy atom. The third kappa shape index (κ3) is 4.44. The van der Waals surface area contributed by atoms with Crippen LogP contribution in [0.25, 0.3) is 23.2 Å². The fourth-order valence-electron chi connectivity index (χ4n) is 3.02. The van der Waals surface area contributed by atoms with Crippen molar-refractivity contribution in [1.82, 2.24) is 14.8 Å². The minimum absolute atomic E-state index is 0.333. The second-order valence-corrected chi connectivity index (χ2v) is 7.43. The van der Waals surface area contributed by atoms with Crippen molar-refractivity contribution in [2.24, 2.45) is 0 Å². The Bertz CT molecular complexity index is 1140. The highest BCUT2D eigenvalue weighted by atomic mass is 32.2. The van der Waals surface area contributed by atoms with Crippen LogP contribution in [0.3, 0.4) is 0 Å². The fraction of sp³-hybridized carbons (Fsp3) is 0.0833. The summed E-state index contributed by atoms with van der Waals surface area (Å²) in [6, 6.07) is 24.3. The van der Waals surface area contributed by atoms with E-state index >= 15 is 0 Å². The van der Waals surface area contributed by atoms with Crippen LogP contribution < -0.4 is 4.74 Å². The van der Waals surface area contributed by atoms with E-state index in [1.54, 1.807) is 37.1 Å². The smallest absolute Gasteiger partial charge is 0.196 e. The zero-order valence-corrected chi connectivity index (χ0v) is 17.2. The summed E-state index contributed by atoms with van der Waals surface area (Å²) in [7, 11) is 1.62. The van der Waals surface area contributed by atoms with E-state index in [1.165, 1.54) is 6.07 Å². The van der Waals surface area contributed by atoms with Crippen molar-refractivity contribution in [2.75, 3.05) is 12.9 Å². The molecule has 0 bridgehead atoms. The van der Waals surface area contributed by atoms with Crippen LogP contribution in [0.15, 0.2) is 90.1 Å². The van der Waals surface area contributed by atoms with Gasteiger partial charge in [-0.1, -0.05) is 66.4 Å². The minimum Gasteiger partial charge on any atom is -0.497 e. The number of rotatable bonds is 7. The summed E-state index contributed by atoms with van der Waals surface area (Å²) >= 11 is 1.54. The van der Waals surface area contributed by atoms with Gasteiger partial charge in [-0.2, -0.15) is 0 Å². The Kier molecular flexibility index (Phi) is 6.25. The van der Waals surface area contributed by atoms with Gasteiger partial charge in [0.05, 0.1) is 18.4 Å². The maximum absolute atomic E-state index is 14.5. The van der Waals surface area contributed by atoms with E-state index in [9.17, 15) is 4.39 Å². The molecule has 1 aromatic heterocycles. The van der Waals surface area contributed by atoms with Gasteiger partial charge < -0.3 is 4.74 Å². The van der Waals surface area contributed by atoms with Gasteiger partial charge in [-0.3, -0.25) is 4.57 Å². The highest BCUT2D eigenvalue weighted by molar-refractivity contribution is 7.99. The van der Waals surface area contributed by atoms with Gasteiger partial charge in [0.2, 0.25) is 0 Å². The predicted octanol–water partition coefficient (Wildman–Crippen LogP) is 5.89. The Hall–Kier alpha value is -3.38. The first-order chi connectivity index (χ1) is 14.8. The molecule has 0 fully saturated rings. The molecule has 3 aromatic carbocycles. The van der Waals surface area contributed by atoms with Gasteiger partial charge in [0.25, 0.3) is 0 Å². The summed E-state index contributed by atoms with van der Waals surface area (Å²) in [6.45, 7) is 0. The van der Waals surface area contributed by atoms with Crippen LogP contribution in [0.1, 0.15) is 5.56 Å².